The van der Waals surface area contributed by atoms with Crippen LogP contribution in [0.3, 0.4) is 0 Å². The van der Waals surface area contributed by atoms with E-state index in [2.05, 4.69) is 0 Å². The third kappa shape index (κ3) is 2.59. The van der Waals surface area contributed by atoms with Crippen LogP contribution in [-0.2, 0) is 4.74 Å². The molecule has 0 aliphatic carbocycles. The molecule has 17 heavy (non-hydrogen) atoms. The molecule has 3 N–H and O–H groups in total. The Kier molecular flexibility index (Phi) is 3.95. The summed E-state index contributed by atoms with van der Waals surface area (Å²) in [6.07, 6.45) is 0.0422. The fourth-order valence-electron chi connectivity index (χ4n) is 2.20. The molecule has 0 spiro atoms. The van der Waals surface area contributed by atoms with Crippen molar-refractivity contribution in [2.45, 2.75) is 12.5 Å². The lowest BCUT2D eigenvalue weighted by Gasteiger charge is -2.31. The first kappa shape index (κ1) is 13.1. The van der Waals surface area contributed by atoms with Crippen LogP contribution < -0.4 is 5.73 Å². The van der Waals surface area contributed by atoms with E-state index >= 15 is 0 Å². The maximum absolute atomic E-state index is 10.4. The fraction of sp³-hybridized carbons (Fsp3) is 0.500. The highest BCUT2D eigenvalue weighted by atomic mass is 35.5. The molecule has 0 radical (unpaired) electrons. The zero-order chi connectivity index (χ0) is 12.5. The number of hydrogen-bond acceptors (Lipinski definition) is 3. The average Bonchev–Trinajstić information content (AvgIpc) is 2.76. The maximum Gasteiger partial charge on any atom is 0.0882 e. The lowest BCUT2D eigenvalue weighted by Crippen LogP contribution is -2.37. The molecule has 2 rings (SSSR count). The molecule has 3 nitrogen and oxygen atoms in total. The average molecular weight is 276 g/mol. The number of benzene rings is 1. The van der Waals surface area contributed by atoms with Crippen molar-refractivity contribution in [3.8, 4) is 0 Å². The van der Waals surface area contributed by atoms with E-state index in [0.717, 1.165) is 6.42 Å². The predicted molar refractivity (Wildman–Crippen MR) is 68.3 cm³/mol. The smallest absolute Gasteiger partial charge is 0.0882 e. The van der Waals surface area contributed by atoms with Crippen molar-refractivity contribution >= 4 is 23.2 Å². The topological polar surface area (TPSA) is 55.5 Å². The van der Waals surface area contributed by atoms with Crippen LogP contribution in [0.2, 0.25) is 10.0 Å². The Bertz CT molecular complexity index is 385. The summed E-state index contributed by atoms with van der Waals surface area (Å²) >= 11 is 11.9. The van der Waals surface area contributed by atoms with E-state index in [9.17, 15) is 5.11 Å². The van der Waals surface area contributed by atoms with Gasteiger partial charge in [-0.3, -0.25) is 0 Å². The zero-order valence-corrected chi connectivity index (χ0v) is 10.8. The van der Waals surface area contributed by atoms with Gasteiger partial charge < -0.3 is 15.6 Å². The van der Waals surface area contributed by atoms with Crippen LogP contribution in [0.5, 0.6) is 0 Å². The SMILES string of the molecule is NCC1(C(O)c2cc(Cl)cc(Cl)c2)CCOC1. The van der Waals surface area contributed by atoms with Crippen LogP contribution in [0, 0.1) is 5.41 Å². The Morgan fingerprint density at radius 3 is 2.47 bits per heavy atom. The van der Waals surface area contributed by atoms with Crippen LogP contribution >= 0.6 is 23.2 Å². The number of halogens is 2. The predicted octanol–water partition coefficient (Wildman–Crippen LogP) is 2.39. The van der Waals surface area contributed by atoms with Crippen molar-refractivity contribution in [2.24, 2.45) is 11.1 Å². The first-order valence-electron chi connectivity index (χ1n) is 5.49. The van der Waals surface area contributed by atoms with E-state index in [1.807, 2.05) is 0 Å². The van der Waals surface area contributed by atoms with Crippen molar-refractivity contribution in [2.75, 3.05) is 19.8 Å². The Hall–Kier alpha value is -0.320. The van der Waals surface area contributed by atoms with Gasteiger partial charge in [0.2, 0.25) is 0 Å². The second-order valence-corrected chi connectivity index (χ2v) is 5.35. The molecular formula is C12H15Cl2NO2. The zero-order valence-electron chi connectivity index (χ0n) is 9.33. The molecule has 1 saturated heterocycles. The summed E-state index contributed by atoms with van der Waals surface area (Å²) < 4.78 is 5.35. The van der Waals surface area contributed by atoms with Crippen molar-refractivity contribution in [1.82, 2.24) is 0 Å². The lowest BCUT2D eigenvalue weighted by molar-refractivity contribution is 0.0191. The number of hydrogen-bond donors (Lipinski definition) is 2. The van der Waals surface area contributed by atoms with Crippen molar-refractivity contribution < 1.29 is 9.84 Å². The van der Waals surface area contributed by atoms with Crippen LogP contribution in [0.15, 0.2) is 18.2 Å². The molecule has 1 fully saturated rings. The number of rotatable bonds is 3. The fourth-order valence-corrected chi connectivity index (χ4v) is 2.74. The first-order valence-corrected chi connectivity index (χ1v) is 6.25. The number of aliphatic hydroxyl groups excluding tert-OH is 1. The molecule has 1 aromatic carbocycles. The Morgan fingerprint density at radius 1 is 1.35 bits per heavy atom. The van der Waals surface area contributed by atoms with Gasteiger partial charge in [-0.05, 0) is 30.2 Å². The minimum Gasteiger partial charge on any atom is -0.388 e. The van der Waals surface area contributed by atoms with Crippen LogP contribution in [0.25, 0.3) is 0 Å². The second-order valence-electron chi connectivity index (χ2n) is 4.47. The second kappa shape index (κ2) is 5.12. The number of aliphatic hydroxyl groups is 1. The molecule has 1 heterocycles. The van der Waals surface area contributed by atoms with E-state index < -0.39 is 11.5 Å². The molecule has 0 bridgehead atoms. The monoisotopic (exact) mass is 275 g/mol. The first-order chi connectivity index (χ1) is 8.07. The van der Waals surface area contributed by atoms with Gasteiger partial charge in [0.05, 0.1) is 12.7 Å². The summed E-state index contributed by atoms with van der Waals surface area (Å²) in [5.74, 6) is 0. The molecule has 1 aliphatic heterocycles. The third-order valence-electron chi connectivity index (χ3n) is 3.32. The third-order valence-corrected chi connectivity index (χ3v) is 3.76. The van der Waals surface area contributed by atoms with Gasteiger partial charge in [0, 0.05) is 28.6 Å². The molecule has 5 heteroatoms. The van der Waals surface area contributed by atoms with E-state index in [1.54, 1.807) is 18.2 Å². The molecule has 2 atom stereocenters. The minimum absolute atomic E-state index is 0.373. The van der Waals surface area contributed by atoms with Crippen LogP contribution in [0.1, 0.15) is 18.1 Å². The lowest BCUT2D eigenvalue weighted by atomic mass is 9.78. The largest absolute Gasteiger partial charge is 0.388 e. The van der Waals surface area contributed by atoms with Crippen LogP contribution in [-0.4, -0.2) is 24.9 Å². The molecule has 0 amide bonds. The Labute approximate surface area is 110 Å². The molecule has 1 aromatic rings. The molecular weight excluding hydrogens is 261 g/mol. The van der Waals surface area contributed by atoms with Crippen molar-refractivity contribution in [1.29, 1.82) is 0 Å². The van der Waals surface area contributed by atoms with E-state index in [0.29, 0.717) is 35.4 Å². The quantitative estimate of drug-likeness (QED) is 0.891. The Morgan fingerprint density at radius 2 is 2.00 bits per heavy atom. The highest BCUT2D eigenvalue weighted by molar-refractivity contribution is 6.34. The van der Waals surface area contributed by atoms with Gasteiger partial charge >= 0.3 is 0 Å². The van der Waals surface area contributed by atoms with Gasteiger partial charge in [-0.15, -0.1) is 0 Å². The van der Waals surface area contributed by atoms with Gasteiger partial charge in [-0.2, -0.15) is 0 Å². The number of nitrogens with two attached hydrogens (primary N) is 1. The standard InChI is InChI=1S/C12H15Cl2NO2/c13-9-3-8(4-10(14)5-9)11(16)12(6-15)1-2-17-7-12/h3-5,11,16H,1-2,6-7,15H2. The molecule has 94 valence electrons. The summed E-state index contributed by atoms with van der Waals surface area (Å²) in [5, 5.41) is 11.5. The summed E-state index contributed by atoms with van der Waals surface area (Å²) in [5.41, 5.74) is 6.05. The summed E-state index contributed by atoms with van der Waals surface area (Å²) in [6.45, 7) is 1.47. The Balaban J connectivity index is 2.32. The van der Waals surface area contributed by atoms with Gasteiger partial charge in [-0.1, -0.05) is 23.2 Å². The highest BCUT2D eigenvalue weighted by Crippen LogP contribution is 2.41. The normalized spacial score (nSPS) is 26.1. The minimum atomic E-state index is -0.703. The molecule has 1 aliphatic rings. The van der Waals surface area contributed by atoms with Gasteiger partial charge in [0.15, 0.2) is 0 Å². The van der Waals surface area contributed by atoms with E-state index in [-0.39, 0.29) is 0 Å². The van der Waals surface area contributed by atoms with Crippen molar-refractivity contribution in [3.63, 3.8) is 0 Å². The summed E-state index contributed by atoms with van der Waals surface area (Å²) in [7, 11) is 0. The molecule has 0 aromatic heterocycles. The summed E-state index contributed by atoms with van der Waals surface area (Å²) in [4.78, 5) is 0. The maximum atomic E-state index is 10.4. The van der Waals surface area contributed by atoms with Gasteiger partial charge in [0.1, 0.15) is 0 Å². The molecule has 0 saturated carbocycles. The molecule has 2 unspecified atom stereocenters. The highest BCUT2D eigenvalue weighted by Gasteiger charge is 2.41. The van der Waals surface area contributed by atoms with Gasteiger partial charge in [-0.25, -0.2) is 0 Å². The van der Waals surface area contributed by atoms with Crippen molar-refractivity contribution in [3.05, 3.63) is 33.8 Å². The van der Waals surface area contributed by atoms with E-state index in [1.165, 1.54) is 0 Å². The summed E-state index contributed by atoms with van der Waals surface area (Å²) in [6, 6.07) is 5.07. The van der Waals surface area contributed by atoms with Gasteiger partial charge in [0.25, 0.3) is 0 Å². The van der Waals surface area contributed by atoms with Crippen LogP contribution in [0.4, 0.5) is 0 Å². The number of ether oxygens (including phenoxy) is 1. The van der Waals surface area contributed by atoms with E-state index in [4.69, 9.17) is 33.7 Å².